The van der Waals surface area contributed by atoms with Crippen LogP contribution in [0.3, 0.4) is 0 Å². The van der Waals surface area contributed by atoms with Crippen LogP contribution in [0.2, 0.25) is 0 Å². The molecule has 0 spiro atoms. The summed E-state index contributed by atoms with van der Waals surface area (Å²) in [5, 5.41) is 10.3. The molecule has 1 rings (SSSR count). The van der Waals surface area contributed by atoms with Crippen LogP contribution in [-0.4, -0.2) is 42.5 Å². The van der Waals surface area contributed by atoms with Crippen molar-refractivity contribution in [2.24, 2.45) is 5.92 Å². The number of hydrogen-bond acceptors (Lipinski definition) is 4. The number of ether oxygens (including phenoxy) is 2. The highest BCUT2D eigenvalue weighted by molar-refractivity contribution is 7.32. The molecule has 5 atom stereocenters. The molecule has 122 valence electrons. The molecule has 0 radical (unpaired) electrons. The van der Waals surface area contributed by atoms with E-state index in [4.69, 9.17) is 14.0 Å². The zero-order chi connectivity index (χ0) is 15.9. The minimum Gasteiger partial charge on any atom is -0.378 e. The fourth-order valence-electron chi connectivity index (χ4n) is 2.36. The van der Waals surface area contributed by atoms with E-state index in [0.717, 1.165) is 25.4 Å². The zero-order valence-electron chi connectivity index (χ0n) is 13.8. The van der Waals surface area contributed by atoms with Crippen LogP contribution in [0.15, 0.2) is 0 Å². The lowest BCUT2D eigenvalue weighted by atomic mass is 10.0. The summed E-state index contributed by atoms with van der Waals surface area (Å²) >= 11 is 0. The Bertz CT molecular complexity index is 361. The molecule has 0 aromatic rings. The lowest BCUT2D eigenvalue weighted by molar-refractivity contribution is -0.152. The molecule has 1 heterocycles. The molecule has 1 N–H and O–H groups in total. The Balaban J connectivity index is 2.51. The van der Waals surface area contributed by atoms with Crippen molar-refractivity contribution in [1.29, 1.82) is 0 Å². The summed E-state index contributed by atoms with van der Waals surface area (Å²) in [7, 11) is 2.24. The summed E-state index contributed by atoms with van der Waals surface area (Å²) in [5.74, 6) is 5.83. The molecule has 1 aliphatic heterocycles. The van der Waals surface area contributed by atoms with E-state index < -0.39 is 11.9 Å². The molecule has 21 heavy (non-hydrogen) atoms. The zero-order valence-corrected chi connectivity index (χ0v) is 14.8. The van der Waals surface area contributed by atoms with Crippen LogP contribution in [0.5, 0.6) is 0 Å². The van der Waals surface area contributed by atoms with Gasteiger partial charge in [-0.05, 0) is 32.3 Å². The van der Waals surface area contributed by atoms with Crippen molar-refractivity contribution in [1.82, 2.24) is 0 Å². The van der Waals surface area contributed by atoms with Crippen LogP contribution >= 0.6 is 8.81 Å². The van der Waals surface area contributed by atoms with Gasteiger partial charge in [0.2, 0.25) is 0 Å². The van der Waals surface area contributed by atoms with Gasteiger partial charge in [-0.2, -0.15) is 0 Å². The van der Waals surface area contributed by atoms with Crippen LogP contribution in [0, 0.1) is 17.8 Å². The molecule has 0 aromatic heterocycles. The SMILES string of the molecule is CCC[C@@H]1OC(C)(C)O[C@@H]1C(O)C#CC[C@@H](C)CPOC. The topological polar surface area (TPSA) is 47.9 Å². The van der Waals surface area contributed by atoms with E-state index in [0.29, 0.717) is 14.7 Å². The van der Waals surface area contributed by atoms with E-state index >= 15 is 0 Å². The van der Waals surface area contributed by atoms with Crippen LogP contribution < -0.4 is 0 Å². The van der Waals surface area contributed by atoms with Gasteiger partial charge in [-0.1, -0.05) is 26.2 Å². The van der Waals surface area contributed by atoms with Crippen LogP contribution in [0.4, 0.5) is 0 Å². The third-order valence-corrected chi connectivity index (χ3v) is 4.53. The fourth-order valence-corrected chi connectivity index (χ4v) is 2.95. The Kier molecular flexibility index (Phi) is 8.16. The highest BCUT2D eigenvalue weighted by atomic mass is 31.1. The molecule has 0 saturated carbocycles. The number of hydrogen-bond donors (Lipinski definition) is 1. The molecule has 0 aliphatic carbocycles. The Labute approximate surface area is 130 Å². The third kappa shape index (κ3) is 6.63. The van der Waals surface area contributed by atoms with Crippen LogP contribution in [0.25, 0.3) is 0 Å². The van der Waals surface area contributed by atoms with Crippen molar-refractivity contribution >= 4 is 8.81 Å². The summed E-state index contributed by atoms with van der Waals surface area (Å²) in [6.07, 6.45) is 2.41. The van der Waals surface area contributed by atoms with Gasteiger partial charge in [0.1, 0.15) is 12.2 Å². The van der Waals surface area contributed by atoms with Gasteiger partial charge in [-0.3, -0.25) is 0 Å². The van der Waals surface area contributed by atoms with Crippen LogP contribution in [0.1, 0.15) is 47.0 Å². The van der Waals surface area contributed by atoms with Crippen molar-refractivity contribution in [2.75, 3.05) is 13.3 Å². The highest BCUT2D eigenvalue weighted by Crippen LogP contribution is 2.32. The minimum atomic E-state index is -0.791. The molecule has 2 unspecified atom stereocenters. The summed E-state index contributed by atoms with van der Waals surface area (Å²) in [6, 6.07) is 0. The van der Waals surface area contributed by atoms with Crippen molar-refractivity contribution in [2.45, 2.75) is 71.1 Å². The lowest BCUT2D eigenvalue weighted by Gasteiger charge is -2.18. The molecular formula is C16H29O4P. The second kappa shape index (κ2) is 9.08. The normalized spacial score (nSPS) is 27.5. The molecule has 4 nitrogen and oxygen atoms in total. The first-order valence-electron chi connectivity index (χ1n) is 7.67. The third-order valence-electron chi connectivity index (χ3n) is 3.38. The van der Waals surface area contributed by atoms with Gasteiger partial charge < -0.3 is 19.1 Å². The fraction of sp³-hybridized carbons (Fsp3) is 0.875. The van der Waals surface area contributed by atoms with Crippen molar-refractivity contribution in [3.05, 3.63) is 0 Å². The molecule has 5 heteroatoms. The van der Waals surface area contributed by atoms with Crippen molar-refractivity contribution in [3.63, 3.8) is 0 Å². The van der Waals surface area contributed by atoms with Gasteiger partial charge in [-0.15, -0.1) is 5.92 Å². The Morgan fingerprint density at radius 1 is 1.38 bits per heavy atom. The summed E-state index contributed by atoms with van der Waals surface area (Å²) in [6.45, 7) is 8.00. The first-order valence-corrected chi connectivity index (χ1v) is 8.79. The monoisotopic (exact) mass is 316 g/mol. The standard InChI is InChI=1S/C16H29O4P/c1-6-8-14-15(20-16(3,4)19-14)13(17)10-7-9-12(2)11-21-18-5/h12-15,17,21H,6,8-9,11H2,1-5H3/t12-,13?,14+,15-/m1/s1. The van der Waals surface area contributed by atoms with Gasteiger partial charge in [0.05, 0.1) is 6.10 Å². The Morgan fingerprint density at radius 2 is 2.10 bits per heavy atom. The predicted octanol–water partition coefficient (Wildman–Crippen LogP) is 2.94. The van der Waals surface area contributed by atoms with Crippen molar-refractivity contribution < 1.29 is 19.1 Å². The quantitative estimate of drug-likeness (QED) is 0.579. The summed E-state index contributed by atoms with van der Waals surface area (Å²) < 4.78 is 16.7. The van der Waals surface area contributed by atoms with Gasteiger partial charge in [-0.25, -0.2) is 0 Å². The van der Waals surface area contributed by atoms with E-state index in [1.54, 1.807) is 7.11 Å². The molecule has 1 aliphatic rings. The lowest BCUT2D eigenvalue weighted by Crippen LogP contribution is -2.34. The Morgan fingerprint density at radius 3 is 2.71 bits per heavy atom. The van der Waals surface area contributed by atoms with Gasteiger partial charge in [0.25, 0.3) is 0 Å². The molecule has 0 bridgehead atoms. The second-order valence-corrected chi connectivity index (χ2v) is 7.16. The van der Waals surface area contributed by atoms with Gasteiger partial charge in [0, 0.05) is 22.3 Å². The summed E-state index contributed by atoms with van der Waals surface area (Å²) in [5.41, 5.74) is 0. The smallest absolute Gasteiger partial charge is 0.163 e. The molecule has 1 saturated heterocycles. The van der Waals surface area contributed by atoms with Crippen LogP contribution in [-0.2, 0) is 14.0 Å². The Hall–Kier alpha value is -0.170. The molecule has 0 aromatic carbocycles. The van der Waals surface area contributed by atoms with Gasteiger partial charge in [0.15, 0.2) is 5.79 Å². The molecule has 0 amide bonds. The first-order chi connectivity index (χ1) is 9.89. The number of aliphatic hydroxyl groups excluding tert-OH is 1. The van der Waals surface area contributed by atoms with Crippen molar-refractivity contribution in [3.8, 4) is 11.8 Å². The minimum absolute atomic E-state index is 0.0818. The second-order valence-electron chi connectivity index (χ2n) is 6.06. The average molecular weight is 316 g/mol. The van der Waals surface area contributed by atoms with E-state index in [1.165, 1.54) is 0 Å². The average Bonchev–Trinajstić information content (AvgIpc) is 2.72. The van der Waals surface area contributed by atoms with E-state index in [9.17, 15) is 5.11 Å². The van der Waals surface area contributed by atoms with Gasteiger partial charge >= 0.3 is 0 Å². The maximum atomic E-state index is 10.3. The van der Waals surface area contributed by atoms with E-state index in [2.05, 4.69) is 25.7 Å². The molecule has 1 fully saturated rings. The largest absolute Gasteiger partial charge is 0.378 e. The number of aliphatic hydroxyl groups is 1. The van der Waals surface area contributed by atoms with E-state index in [-0.39, 0.29) is 12.2 Å². The maximum Gasteiger partial charge on any atom is 0.163 e. The van der Waals surface area contributed by atoms with E-state index in [1.807, 2.05) is 13.8 Å². The predicted molar refractivity (Wildman–Crippen MR) is 86.5 cm³/mol. The number of rotatable bonds is 7. The maximum absolute atomic E-state index is 10.3. The highest BCUT2D eigenvalue weighted by Gasteiger charge is 2.43. The first kappa shape index (κ1) is 18.9. The molecular weight excluding hydrogens is 287 g/mol. The summed E-state index contributed by atoms with van der Waals surface area (Å²) in [4.78, 5) is 0.